The molecule has 0 aliphatic heterocycles. The van der Waals surface area contributed by atoms with Gasteiger partial charge in [-0.05, 0) is 37.8 Å². The second-order valence-corrected chi connectivity index (χ2v) is 7.76. The number of aliphatic carboxylic acids is 1. The summed E-state index contributed by atoms with van der Waals surface area (Å²) < 4.78 is 6.33. The third kappa shape index (κ3) is 3.87. The number of hydrogen-bond donors (Lipinski definition) is 1. The van der Waals surface area contributed by atoms with Crippen molar-refractivity contribution in [1.82, 2.24) is 4.98 Å². The van der Waals surface area contributed by atoms with Crippen molar-refractivity contribution in [3.05, 3.63) is 33.8 Å². The first-order valence-corrected chi connectivity index (χ1v) is 9.25. The lowest BCUT2D eigenvalue weighted by molar-refractivity contribution is -0.143. The smallest absolute Gasteiger partial charge is 0.306 e. The normalized spacial score (nSPS) is 19.5. The minimum absolute atomic E-state index is 0.258. The first-order chi connectivity index (χ1) is 12.5. The number of aromatic nitrogens is 1. The number of thiophene rings is 1. The first-order valence-electron chi connectivity index (χ1n) is 8.06. The Morgan fingerprint density at radius 3 is 2.96 bits per heavy atom. The van der Waals surface area contributed by atoms with E-state index in [-0.39, 0.29) is 11.7 Å². The molecule has 0 bridgehead atoms. The van der Waals surface area contributed by atoms with Crippen LogP contribution >= 0.6 is 22.9 Å². The van der Waals surface area contributed by atoms with Crippen LogP contribution in [0.15, 0.2) is 18.3 Å². The van der Waals surface area contributed by atoms with Gasteiger partial charge in [0.25, 0.3) is 0 Å². The summed E-state index contributed by atoms with van der Waals surface area (Å²) in [4.78, 5) is 27.2. The number of aldehydes is 1. The van der Waals surface area contributed by atoms with Crippen molar-refractivity contribution in [1.29, 1.82) is 5.26 Å². The molecule has 1 saturated carbocycles. The highest BCUT2D eigenvalue weighted by Gasteiger charge is 2.28. The highest BCUT2D eigenvalue weighted by atomic mass is 35.5. The highest BCUT2D eigenvalue weighted by molar-refractivity contribution is 7.19. The van der Waals surface area contributed by atoms with Crippen molar-refractivity contribution in [2.75, 3.05) is 0 Å². The summed E-state index contributed by atoms with van der Waals surface area (Å²) in [5.41, 5.74) is 1.18. The second kappa shape index (κ2) is 7.85. The van der Waals surface area contributed by atoms with Crippen molar-refractivity contribution in [3.63, 3.8) is 0 Å². The number of nitriles is 1. The number of halogens is 1. The summed E-state index contributed by atoms with van der Waals surface area (Å²) in [5.74, 6) is -0.916. The van der Waals surface area contributed by atoms with E-state index >= 15 is 0 Å². The monoisotopic (exact) mass is 390 g/mol. The van der Waals surface area contributed by atoms with Crippen LogP contribution in [0.5, 0.6) is 5.75 Å². The number of carbonyl (C=O) groups is 2. The summed E-state index contributed by atoms with van der Waals surface area (Å²) in [6.07, 6.45) is 4.46. The molecule has 2 aromatic rings. The standard InChI is InChI=1S/C18H15ClN2O4S/c19-16-6-12(9-22)17(26-16)14-5-11(7-20)15(8-21-14)25-13-3-1-2-10(4-13)18(23)24/h5-6,8-10,13H,1-4H2,(H,23,24)/t10-,13-/m0/s1. The molecule has 0 unspecified atom stereocenters. The quantitative estimate of drug-likeness (QED) is 0.769. The van der Waals surface area contributed by atoms with E-state index in [2.05, 4.69) is 11.1 Å². The molecule has 2 atom stereocenters. The topological polar surface area (TPSA) is 100 Å². The second-order valence-electron chi connectivity index (χ2n) is 6.07. The molecular formula is C18H15ClN2O4S. The van der Waals surface area contributed by atoms with E-state index < -0.39 is 11.9 Å². The highest BCUT2D eigenvalue weighted by Crippen LogP contribution is 2.36. The van der Waals surface area contributed by atoms with E-state index in [9.17, 15) is 20.0 Å². The lowest BCUT2D eigenvalue weighted by Crippen LogP contribution is -2.29. The summed E-state index contributed by atoms with van der Waals surface area (Å²) >= 11 is 7.17. The third-order valence-corrected chi connectivity index (χ3v) is 5.65. The molecule has 26 heavy (non-hydrogen) atoms. The summed E-state index contributed by atoms with van der Waals surface area (Å²) in [5, 5.41) is 18.6. The number of carbonyl (C=O) groups excluding carboxylic acids is 1. The largest absolute Gasteiger partial charge is 0.487 e. The summed E-state index contributed by atoms with van der Waals surface area (Å²) in [6, 6.07) is 5.19. The Labute approximate surface area is 159 Å². The van der Waals surface area contributed by atoms with E-state index in [1.54, 1.807) is 12.1 Å². The molecule has 1 aliphatic carbocycles. The maximum absolute atomic E-state index is 11.2. The molecule has 0 radical (unpaired) electrons. The van der Waals surface area contributed by atoms with Gasteiger partial charge in [-0.25, -0.2) is 0 Å². The van der Waals surface area contributed by atoms with E-state index in [1.165, 1.54) is 17.5 Å². The van der Waals surface area contributed by atoms with E-state index in [4.69, 9.17) is 16.3 Å². The molecule has 0 spiro atoms. The number of nitrogens with zero attached hydrogens (tertiary/aromatic N) is 2. The fourth-order valence-corrected chi connectivity index (χ4v) is 4.24. The van der Waals surface area contributed by atoms with Gasteiger partial charge < -0.3 is 9.84 Å². The van der Waals surface area contributed by atoms with Crippen molar-refractivity contribution in [3.8, 4) is 22.4 Å². The van der Waals surface area contributed by atoms with Crippen LogP contribution in [0, 0.1) is 17.2 Å². The number of carboxylic acid groups (broad SMARTS) is 1. The Hall–Kier alpha value is -2.43. The van der Waals surface area contributed by atoms with Gasteiger partial charge in [-0.3, -0.25) is 14.6 Å². The van der Waals surface area contributed by atoms with Crippen LogP contribution in [-0.2, 0) is 4.79 Å². The van der Waals surface area contributed by atoms with Crippen LogP contribution in [0.1, 0.15) is 41.6 Å². The predicted molar refractivity (Wildman–Crippen MR) is 96.7 cm³/mol. The molecule has 0 saturated heterocycles. The van der Waals surface area contributed by atoms with Crippen LogP contribution in [0.2, 0.25) is 4.34 Å². The molecule has 0 aromatic carbocycles. The van der Waals surface area contributed by atoms with Crippen molar-refractivity contribution in [2.45, 2.75) is 31.8 Å². The lowest BCUT2D eigenvalue weighted by Gasteiger charge is -2.27. The molecule has 2 heterocycles. The lowest BCUT2D eigenvalue weighted by atomic mass is 9.87. The molecule has 1 fully saturated rings. The van der Waals surface area contributed by atoms with Gasteiger partial charge in [-0.2, -0.15) is 5.26 Å². The molecule has 134 valence electrons. The fraction of sp³-hybridized carbons (Fsp3) is 0.333. The van der Waals surface area contributed by atoms with Gasteiger partial charge in [0.15, 0.2) is 12.0 Å². The Kier molecular flexibility index (Phi) is 5.55. The van der Waals surface area contributed by atoms with Crippen LogP contribution in [0.3, 0.4) is 0 Å². The molecular weight excluding hydrogens is 376 g/mol. The van der Waals surface area contributed by atoms with Gasteiger partial charge in [0.2, 0.25) is 0 Å². The first kappa shape index (κ1) is 18.4. The average molecular weight is 391 g/mol. The summed E-state index contributed by atoms with van der Waals surface area (Å²) in [6.45, 7) is 0. The minimum atomic E-state index is -0.816. The van der Waals surface area contributed by atoms with Gasteiger partial charge in [0.05, 0.1) is 38.7 Å². The number of rotatable bonds is 5. The van der Waals surface area contributed by atoms with Crippen LogP contribution in [0.4, 0.5) is 0 Å². The molecule has 2 aromatic heterocycles. The van der Waals surface area contributed by atoms with Crippen molar-refractivity contribution >= 4 is 35.2 Å². The molecule has 6 nitrogen and oxygen atoms in total. The van der Waals surface area contributed by atoms with E-state index in [1.807, 2.05) is 0 Å². The predicted octanol–water partition coefficient (Wildman–Crippen LogP) is 4.17. The fourth-order valence-electron chi connectivity index (χ4n) is 3.07. The molecule has 3 rings (SSSR count). The van der Waals surface area contributed by atoms with E-state index in [0.29, 0.717) is 45.3 Å². The average Bonchev–Trinajstić information content (AvgIpc) is 3.03. The van der Waals surface area contributed by atoms with Gasteiger partial charge in [0, 0.05) is 5.56 Å². The number of carboxylic acids is 1. The zero-order valence-electron chi connectivity index (χ0n) is 13.6. The number of hydrogen-bond acceptors (Lipinski definition) is 6. The van der Waals surface area contributed by atoms with Gasteiger partial charge in [-0.1, -0.05) is 11.6 Å². The Morgan fingerprint density at radius 2 is 2.27 bits per heavy atom. The maximum Gasteiger partial charge on any atom is 0.306 e. The van der Waals surface area contributed by atoms with Crippen molar-refractivity contribution < 1.29 is 19.4 Å². The minimum Gasteiger partial charge on any atom is -0.487 e. The van der Waals surface area contributed by atoms with Crippen LogP contribution in [-0.4, -0.2) is 28.4 Å². The van der Waals surface area contributed by atoms with Gasteiger partial charge in [-0.15, -0.1) is 11.3 Å². The Bertz CT molecular complexity index is 890. The SMILES string of the molecule is N#Cc1cc(-c2sc(Cl)cc2C=O)ncc1O[C@H]1CCC[C@H](C(=O)O)C1. The number of ether oxygens (including phenoxy) is 1. The number of pyridine rings is 1. The van der Waals surface area contributed by atoms with Gasteiger partial charge in [0.1, 0.15) is 6.07 Å². The molecule has 1 aliphatic rings. The molecule has 8 heteroatoms. The summed E-state index contributed by atoms with van der Waals surface area (Å²) in [7, 11) is 0. The zero-order chi connectivity index (χ0) is 18.7. The van der Waals surface area contributed by atoms with Gasteiger partial charge >= 0.3 is 5.97 Å². The third-order valence-electron chi connectivity index (χ3n) is 4.35. The van der Waals surface area contributed by atoms with E-state index in [0.717, 1.165) is 12.8 Å². The Balaban J connectivity index is 1.84. The van der Waals surface area contributed by atoms with Crippen molar-refractivity contribution in [2.24, 2.45) is 5.92 Å². The van der Waals surface area contributed by atoms with Crippen LogP contribution < -0.4 is 4.74 Å². The molecule has 0 amide bonds. The maximum atomic E-state index is 11.2. The van der Waals surface area contributed by atoms with Crippen LogP contribution in [0.25, 0.3) is 10.6 Å². The zero-order valence-corrected chi connectivity index (χ0v) is 15.2. The molecule has 1 N–H and O–H groups in total. The Morgan fingerprint density at radius 1 is 1.46 bits per heavy atom.